The lowest BCUT2D eigenvalue weighted by Gasteiger charge is -2.22. The Kier molecular flexibility index (Phi) is 2.57. The number of ether oxygens (including phenoxy) is 1. The second kappa shape index (κ2) is 4.42. The number of hydrogen-bond donors (Lipinski definition) is 1. The molecule has 3 nitrogen and oxygen atoms in total. The van der Waals surface area contributed by atoms with Crippen molar-refractivity contribution in [3.8, 4) is 5.75 Å². The van der Waals surface area contributed by atoms with Gasteiger partial charge in [0.05, 0.1) is 28.9 Å². The van der Waals surface area contributed by atoms with Gasteiger partial charge in [-0.25, -0.2) is 0 Å². The molecule has 1 aromatic heterocycles. The summed E-state index contributed by atoms with van der Waals surface area (Å²) in [6.45, 7) is 0. The largest absolute Gasteiger partial charge is 0.497 e. The van der Waals surface area contributed by atoms with Crippen molar-refractivity contribution >= 4 is 34.0 Å². The van der Waals surface area contributed by atoms with E-state index in [1.54, 1.807) is 18.9 Å². The van der Waals surface area contributed by atoms with Crippen LogP contribution in [0.4, 0.5) is 11.4 Å². The fourth-order valence-corrected chi connectivity index (χ4v) is 3.41. The average Bonchev–Trinajstić information content (AvgIpc) is 2.52. The highest BCUT2D eigenvalue weighted by Crippen LogP contribution is 2.47. The second-order valence-electron chi connectivity index (χ2n) is 4.60. The lowest BCUT2D eigenvalue weighted by Crippen LogP contribution is -2.01. The SMILES string of the molecule is COc1ccc2c(c1)Sc1cnc3ccccc3c1N2. The monoisotopic (exact) mass is 280 g/mol. The zero-order valence-electron chi connectivity index (χ0n) is 10.9. The van der Waals surface area contributed by atoms with Crippen molar-refractivity contribution in [1.82, 2.24) is 4.98 Å². The Balaban J connectivity index is 1.89. The Morgan fingerprint density at radius 2 is 2.00 bits per heavy atom. The van der Waals surface area contributed by atoms with Crippen molar-refractivity contribution in [2.75, 3.05) is 12.4 Å². The molecule has 0 amide bonds. The third kappa shape index (κ3) is 1.72. The fraction of sp³-hybridized carbons (Fsp3) is 0.0625. The maximum atomic E-state index is 5.28. The van der Waals surface area contributed by atoms with E-state index >= 15 is 0 Å². The molecule has 0 spiro atoms. The van der Waals surface area contributed by atoms with Crippen LogP contribution in [-0.4, -0.2) is 12.1 Å². The van der Waals surface area contributed by atoms with Crippen molar-refractivity contribution in [3.63, 3.8) is 0 Å². The van der Waals surface area contributed by atoms with Crippen LogP contribution in [0.5, 0.6) is 5.75 Å². The summed E-state index contributed by atoms with van der Waals surface area (Å²) in [4.78, 5) is 6.82. The average molecular weight is 280 g/mol. The van der Waals surface area contributed by atoms with Crippen molar-refractivity contribution in [2.24, 2.45) is 0 Å². The van der Waals surface area contributed by atoms with E-state index in [0.29, 0.717) is 0 Å². The van der Waals surface area contributed by atoms with Crippen LogP contribution < -0.4 is 10.1 Å². The molecular formula is C16H12N2OS. The molecule has 0 atom stereocenters. The Labute approximate surface area is 121 Å². The first kappa shape index (κ1) is 11.6. The molecule has 0 unspecified atom stereocenters. The maximum Gasteiger partial charge on any atom is 0.120 e. The van der Waals surface area contributed by atoms with E-state index in [0.717, 1.165) is 37.8 Å². The molecule has 0 bridgehead atoms. The number of benzene rings is 2. The summed E-state index contributed by atoms with van der Waals surface area (Å²) in [6, 6.07) is 14.3. The maximum absolute atomic E-state index is 5.28. The number of pyridine rings is 1. The molecule has 0 saturated carbocycles. The summed E-state index contributed by atoms with van der Waals surface area (Å²) in [5.41, 5.74) is 3.26. The molecule has 1 N–H and O–H groups in total. The van der Waals surface area contributed by atoms with Crippen molar-refractivity contribution in [3.05, 3.63) is 48.7 Å². The van der Waals surface area contributed by atoms with Gasteiger partial charge in [0.15, 0.2) is 0 Å². The summed E-state index contributed by atoms with van der Waals surface area (Å²) in [5, 5.41) is 4.67. The number of hydrogen-bond acceptors (Lipinski definition) is 4. The molecule has 0 radical (unpaired) electrons. The predicted molar refractivity (Wildman–Crippen MR) is 82.1 cm³/mol. The summed E-state index contributed by atoms with van der Waals surface area (Å²) < 4.78 is 5.28. The number of anilines is 2. The van der Waals surface area contributed by atoms with Gasteiger partial charge < -0.3 is 10.1 Å². The van der Waals surface area contributed by atoms with Gasteiger partial charge in [0.25, 0.3) is 0 Å². The molecule has 2 aromatic carbocycles. The van der Waals surface area contributed by atoms with E-state index in [2.05, 4.69) is 22.4 Å². The third-order valence-corrected chi connectivity index (χ3v) is 4.50. The van der Waals surface area contributed by atoms with Crippen molar-refractivity contribution in [2.45, 2.75) is 9.79 Å². The zero-order valence-corrected chi connectivity index (χ0v) is 11.7. The molecule has 20 heavy (non-hydrogen) atoms. The molecule has 4 heteroatoms. The molecule has 98 valence electrons. The number of fused-ring (bicyclic) bond motifs is 4. The van der Waals surface area contributed by atoms with E-state index in [1.807, 2.05) is 36.5 Å². The van der Waals surface area contributed by atoms with Crippen LogP contribution >= 0.6 is 11.8 Å². The molecular weight excluding hydrogens is 268 g/mol. The lowest BCUT2D eigenvalue weighted by atomic mass is 10.1. The first-order chi connectivity index (χ1) is 9.85. The van der Waals surface area contributed by atoms with Gasteiger partial charge in [-0.2, -0.15) is 0 Å². The van der Waals surface area contributed by atoms with Crippen LogP contribution in [0.25, 0.3) is 10.9 Å². The Morgan fingerprint density at radius 1 is 1.10 bits per heavy atom. The van der Waals surface area contributed by atoms with Gasteiger partial charge >= 0.3 is 0 Å². The van der Waals surface area contributed by atoms with Crippen LogP contribution in [0.15, 0.2) is 58.5 Å². The molecule has 2 heterocycles. The number of para-hydroxylation sites is 1. The highest BCUT2D eigenvalue weighted by Gasteiger charge is 2.18. The van der Waals surface area contributed by atoms with Gasteiger partial charge in [0.1, 0.15) is 5.75 Å². The minimum absolute atomic E-state index is 0.871. The van der Waals surface area contributed by atoms with Crippen LogP contribution in [-0.2, 0) is 0 Å². The molecule has 4 rings (SSSR count). The summed E-state index contributed by atoms with van der Waals surface area (Å²) in [5.74, 6) is 0.871. The van der Waals surface area contributed by atoms with Gasteiger partial charge in [-0.05, 0) is 24.3 Å². The minimum atomic E-state index is 0.871. The Bertz CT molecular complexity index is 817. The smallest absolute Gasteiger partial charge is 0.120 e. The molecule has 1 aliphatic heterocycles. The van der Waals surface area contributed by atoms with Crippen LogP contribution in [0, 0.1) is 0 Å². The van der Waals surface area contributed by atoms with Crippen molar-refractivity contribution < 1.29 is 4.74 Å². The topological polar surface area (TPSA) is 34.1 Å². The highest BCUT2D eigenvalue weighted by atomic mass is 32.2. The van der Waals surface area contributed by atoms with Crippen LogP contribution in [0.1, 0.15) is 0 Å². The van der Waals surface area contributed by atoms with Gasteiger partial charge in [-0.3, -0.25) is 4.98 Å². The van der Waals surface area contributed by atoms with E-state index in [1.165, 1.54) is 0 Å². The van der Waals surface area contributed by atoms with E-state index < -0.39 is 0 Å². The number of aromatic nitrogens is 1. The summed E-state index contributed by atoms with van der Waals surface area (Å²) in [6.07, 6.45) is 1.93. The van der Waals surface area contributed by atoms with Gasteiger partial charge in [0, 0.05) is 16.5 Å². The number of nitrogens with zero attached hydrogens (tertiary/aromatic N) is 1. The summed E-state index contributed by atoms with van der Waals surface area (Å²) >= 11 is 1.72. The molecule has 3 aromatic rings. The fourth-order valence-electron chi connectivity index (χ4n) is 2.40. The summed E-state index contributed by atoms with van der Waals surface area (Å²) in [7, 11) is 1.69. The molecule has 0 aliphatic carbocycles. The van der Waals surface area contributed by atoms with E-state index in [9.17, 15) is 0 Å². The third-order valence-electron chi connectivity index (χ3n) is 3.41. The van der Waals surface area contributed by atoms with Gasteiger partial charge in [0.2, 0.25) is 0 Å². The second-order valence-corrected chi connectivity index (χ2v) is 5.69. The highest BCUT2D eigenvalue weighted by molar-refractivity contribution is 7.99. The Hall–Kier alpha value is -2.20. The zero-order chi connectivity index (χ0) is 13.5. The minimum Gasteiger partial charge on any atom is -0.497 e. The van der Waals surface area contributed by atoms with E-state index in [4.69, 9.17) is 4.74 Å². The van der Waals surface area contributed by atoms with E-state index in [-0.39, 0.29) is 0 Å². The Morgan fingerprint density at radius 3 is 2.90 bits per heavy atom. The molecule has 0 saturated heterocycles. The normalized spacial score (nSPS) is 12.4. The van der Waals surface area contributed by atoms with Gasteiger partial charge in [-0.1, -0.05) is 30.0 Å². The predicted octanol–water partition coefficient (Wildman–Crippen LogP) is 4.45. The number of nitrogens with one attached hydrogen (secondary N) is 1. The number of methoxy groups -OCH3 is 1. The first-order valence-corrected chi connectivity index (χ1v) is 7.17. The standard InChI is InChI=1S/C16H12N2OS/c1-19-10-6-7-13-14(8-10)20-15-9-17-12-5-3-2-4-11(12)16(15)18-13/h2-9,18H,1H3. The van der Waals surface area contributed by atoms with Crippen molar-refractivity contribution in [1.29, 1.82) is 0 Å². The molecule has 0 fully saturated rings. The van der Waals surface area contributed by atoms with Crippen LogP contribution in [0.3, 0.4) is 0 Å². The first-order valence-electron chi connectivity index (χ1n) is 6.36. The quantitative estimate of drug-likeness (QED) is 0.558. The van der Waals surface area contributed by atoms with Crippen LogP contribution in [0.2, 0.25) is 0 Å². The number of rotatable bonds is 1. The van der Waals surface area contributed by atoms with Gasteiger partial charge in [-0.15, -0.1) is 0 Å². The molecule has 1 aliphatic rings. The lowest BCUT2D eigenvalue weighted by molar-refractivity contribution is 0.414.